The highest BCUT2D eigenvalue weighted by Gasteiger charge is 2.06. The smallest absolute Gasteiger partial charge is 0.203 e. The number of thiazole rings is 1. The van der Waals surface area contributed by atoms with Gasteiger partial charge in [0.2, 0.25) is 5.13 Å². The fourth-order valence-electron chi connectivity index (χ4n) is 1.86. The second kappa shape index (κ2) is 7.21. The molecule has 0 amide bonds. The van der Waals surface area contributed by atoms with E-state index >= 15 is 0 Å². The van der Waals surface area contributed by atoms with Crippen molar-refractivity contribution in [2.75, 3.05) is 5.43 Å². The number of nitrogens with one attached hydrogen (secondary N) is 1. The van der Waals surface area contributed by atoms with Crippen LogP contribution in [0.15, 0.2) is 57.4 Å². The summed E-state index contributed by atoms with van der Waals surface area (Å²) in [6.45, 7) is 0. The molecule has 0 aliphatic heterocycles. The summed E-state index contributed by atoms with van der Waals surface area (Å²) in [5.74, 6) is -0.476. The van der Waals surface area contributed by atoms with Crippen molar-refractivity contribution in [1.29, 1.82) is 0 Å². The molecular formula is C16H10BrClFN3S. The predicted molar refractivity (Wildman–Crippen MR) is 97.9 cm³/mol. The summed E-state index contributed by atoms with van der Waals surface area (Å²) in [6, 6.07) is 12.7. The molecule has 1 aromatic heterocycles. The molecule has 0 spiro atoms. The van der Waals surface area contributed by atoms with Crippen molar-refractivity contribution in [2.24, 2.45) is 5.10 Å². The Balaban J connectivity index is 1.72. The van der Waals surface area contributed by atoms with Gasteiger partial charge in [0.1, 0.15) is 5.82 Å². The SMILES string of the molecule is Fc1cc(Br)c(C=NNc2nc(-c3ccccc3)cs2)cc1Cl. The lowest BCUT2D eigenvalue weighted by Crippen LogP contribution is -1.92. The van der Waals surface area contributed by atoms with Crippen LogP contribution in [0.25, 0.3) is 11.3 Å². The van der Waals surface area contributed by atoms with E-state index in [9.17, 15) is 4.39 Å². The highest BCUT2D eigenvalue weighted by atomic mass is 79.9. The first-order valence-electron chi connectivity index (χ1n) is 6.58. The van der Waals surface area contributed by atoms with Gasteiger partial charge in [0.05, 0.1) is 16.9 Å². The molecule has 0 radical (unpaired) electrons. The van der Waals surface area contributed by atoms with E-state index in [1.807, 2.05) is 35.7 Å². The van der Waals surface area contributed by atoms with Gasteiger partial charge in [-0.3, -0.25) is 5.43 Å². The van der Waals surface area contributed by atoms with Gasteiger partial charge < -0.3 is 0 Å². The van der Waals surface area contributed by atoms with Crippen LogP contribution >= 0.6 is 38.9 Å². The summed E-state index contributed by atoms with van der Waals surface area (Å²) in [6.07, 6.45) is 1.55. The molecule has 23 heavy (non-hydrogen) atoms. The Morgan fingerprint density at radius 2 is 2.04 bits per heavy atom. The van der Waals surface area contributed by atoms with Crippen LogP contribution in [0.1, 0.15) is 5.56 Å². The van der Waals surface area contributed by atoms with Crippen LogP contribution in [0.3, 0.4) is 0 Å². The van der Waals surface area contributed by atoms with Crippen molar-refractivity contribution in [3.05, 3.63) is 68.7 Å². The van der Waals surface area contributed by atoms with Crippen molar-refractivity contribution >= 4 is 50.2 Å². The average molecular weight is 411 g/mol. The van der Waals surface area contributed by atoms with Gasteiger partial charge >= 0.3 is 0 Å². The van der Waals surface area contributed by atoms with Crippen LogP contribution in [0.2, 0.25) is 5.02 Å². The quantitative estimate of drug-likeness (QED) is 0.335. The molecule has 0 unspecified atom stereocenters. The Morgan fingerprint density at radius 3 is 2.83 bits per heavy atom. The van der Waals surface area contributed by atoms with Crippen molar-refractivity contribution < 1.29 is 4.39 Å². The second-order valence-corrected chi connectivity index (χ2v) is 6.68. The van der Waals surface area contributed by atoms with E-state index in [0.717, 1.165) is 11.3 Å². The normalized spacial score (nSPS) is 11.1. The summed E-state index contributed by atoms with van der Waals surface area (Å²) in [7, 11) is 0. The lowest BCUT2D eigenvalue weighted by Gasteiger charge is -2.00. The van der Waals surface area contributed by atoms with Crippen LogP contribution in [0.5, 0.6) is 0 Å². The predicted octanol–water partition coefficient (Wildman–Crippen LogP) is 5.81. The van der Waals surface area contributed by atoms with Gasteiger partial charge in [0.25, 0.3) is 0 Å². The summed E-state index contributed by atoms with van der Waals surface area (Å²) in [5.41, 5.74) is 5.47. The molecular weight excluding hydrogens is 401 g/mol. The third kappa shape index (κ3) is 3.96. The zero-order chi connectivity index (χ0) is 16.2. The minimum Gasteiger partial charge on any atom is -0.253 e. The number of aromatic nitrogens is 1. The van der Waals surface area contributed by atoms with E-state index in [2.05, 4.69) is 31.4 Å². The number of hydrogen-bond acceptors (Lipinski definition) is 4. The summed E-state index contributed by atoms with van der Waals surface area (Å²) in [5, 5.41) is 6.79. The van der Waals surface area contributed by atoms with Gasteiger partial charge in [-0.1, -0.05) is 57.9 Å². The number of nitrogens with zero attached hydrogens (tertiary/aromatic N) is 2. The molecule has 116 valence electrons. The Morgan fingerprint density at radius 1 is 1.26 bits per heavy atom. The maximum absolute atomic E-state index is 13.3. The van der Waals surface area contributed by atoms with Crippen molar-refractivity contribution in [2.45, 2.75) is 0 Å². The molecule has 2 aromatic carbocycles. The van der Waals surface area contributed by atoms with Gasteiger partial charge in [0, 0.05) is 21.0 Å². The molecule has 3 nitrogen and oxygen atoms in total. The number of halogens is 3. The molecule has 0 saturated carbocycles. The number of anilines is 1. The maximum Gasteiger partial charge on any atom is 0.203 e. The summed E-state index contributed by atoms with van der Waals surface area (Å²) >= 11 is 10.5. The number of hydrogen-bond donors (Lipinski definition) is 1. The average Bonchev–Trinajstić information content (AvgIpc) is 3.02. The number of rotatable bonds is 4. The monoisotopic (exact) mass is 409 g/mol. The second-order valence-electron chi connectivity index (χ2n) is 4.56. The first-order chi connectivity index (χ1) is 11.1. The lowest BCUT2D eigenvalue weighted by atomic mass is 10.2. The Kier molecular flexibility index (Phi) is 5.05. The topological polar surface area (TPSA) is 37.3 Å². The molecule has 7 heteroatoms. The summed E-state index contributed by atoms with van der Waals surface area (Å²) in [4.78, 5) is 4.46. The summed E-state index contributed by atoms with van der Waals surface area (Å²) < 4.78 is 13.9. The third-order valence-corrected chi connectivity index (χ3v) is 4.70. The molecule has 0 fully saturated rings. The first-order valence-corrected chi connectivity index (χ1v) is 8.63. The van der Waals surface area contributed by atoms with Gasteiger partial charge in [-0.15, -0.1) is 11.3 Å². The highest BCUT2D eigenvalue weighted by molar-refractivity contribution is 9.10. The van der Waals surface area contributed by atoms with E-state index < -0.39 is 5.82 Å². The van der Waals surface area contributed by atoms with Crippen LogP contribution in [-0.4, -0.2) is 11.2 Å². The number of benzene rings is 2. The van der Waals surface area contributed by atoms with Gasteiger partial charge in [-0.25, -0.2) is 9.37 Å². The molecule has 3 rings (SSSR count). The Labute approximate surface area is 150 Å². The molecule has 0 aliphatic rings. The van der Waals surface area contributed by atoms with Crippen molar-refractivity contribution in [3.63, 3.8) is 0 Å². The van der Waals surface area contributed by atoms with Crippen molar-refractivity contribution in [3.8, 4) is 11.3 Å². The third-order valence-electron chi connectivity index (χ3n) is 2.98. The van der Waals surface area contributed by atoms with Crippen LogP contribution in [0.4, 0.5) is 9.52 Å². The van der Waals surface area contributed by atoms with Crippen LogP contribution in [0, 0.1) is 5.82 Å². The molecule has 0 aliphatic carbocycles. The first kappa shape index (κ1) is 16.1. The lowest BCUT2D eigenvalue weighted by molar-refractivity contribution is 0.627. The molecule has 0 saturated heterocycles. The Hall–Kier alpha value is -1.76. The van der Waals surface area contributed by atoms with E-state index in [4.69, 9.17) is 11.6 Å². The number of hydrazone groups is 1. The van der Waals surface area contributed by atoms with Crippen molar-refractivity contribution in [1.82, 2.24) is 4.98 Å². The zero-order valence-corrected chi connectivity index (χ0v) is 14.8. The van der Waals surface area contributed by atoms with E-state index in [1.165, 1.54) is 23.5 Å². The molecule has 0 bridgehead atoms. The van der Waals surface area contributed by atoms with E-state index in [1.54, 1.807) is 6.21 Å². The van der Waals surface area contributed by atoms with Crippen LogP contribution in [-0.2, 0) is 0 Å². The van der Waals surface area contributed by atoms with Crippen LogP contribution < -0.4 is 5.43 Å². The molecule has 0 atom stereocenters. The minimum atomic E-state index is -0.476. The fourth-order valence-corrected chi connectivity index (χ4v) is 3.12. The van der Waals surface area contributed by atoms with E-state index in [0.29, 0.717) is 15.2 Å². The largest absolute Gasteiger partial charge is 0.253 e. The highest BCUT2D eigenvalue weighted by Crippen LogP contribution is 2.25. The zero-order valence-electron chi connectivity index (χ0n) is 11.6. The Bertz CT molecular complexity index is 852. The molecule has 1 N–H and O–H groups in total. The van der Waals surface area contributed by atoms with Gasteiger partial charge in [0.15, 0.2) is 0 Å². The fraction of sp³-hybridized carbons (Fsp3) is 0. The maximum atomic E-state index is 13.3. The molecule has 3 aromatic rings. The standard InChI is InChI=1S/C16H10BrClFN3S/c17-12-7-14(19)13(18)6-11(12)8-20-22-16-21-15(9-23-16)10-4-2-1-3-5-10/h1-9H,(H,21,22). The molecule has 1 heterocycles. The van der Waals surface area contributed by atoms with Gasteiger partial charge in [-0.05, 0) is 12.1 Å². The van der Waals surface area contributed by atoms with E-state index in [-0.39, 0.29) is 5.02 Å². The minimum absolute atomic E-state index is 0.0512. The van der Waals surface area contributed by atoms with Gasteiger partial charge in [-0.2, -0.15) is 5.10 Å².